The monoisotopic (exact) mass is 527 g/mol. The second kappa shape index (κ2) is 10.4. The highest BCUT2D eigenvalue weighted by atomic mass is 19.4. The summed E-state index contributed by atoms with van der Waals surface area (Å²) >= 11 is 0. The molecule has 0 radical (unpaired) electrons. The van der Waals surface area contributed by atoms with Crippen molar-refractivity contribution in [2.75, 3.05) is 31.1 Å². The molecule has 3 heterocycles. The molecule has 1 amide bonds. The average Bonchev–Trinajstić information content (AvgIpc) is 3.33. The lowest BCUT2D eigenvalue weighted by Gasteiger charge is -2.32. The van der Waals surface area contributed by atoms with Crippen LogP contribution in [0.4, 0.5) is 24.5 Å². The first-order valence-electron chi connectivity index (χ1n) is 12.0. The van der Waals surface area contributed by atoms with Gasteiger partial charge in [-0.15, -0.1) is 13.2 Å². The van der Waals surface area contributed by atoms with Gasteiger partial charge in [0, 0.05) is 37.3 Å². The van der Waals surface area contributed by atoms with E-state index in [-0.39, 0.29) is 23.9 Å². The highest BCUT2D eigenvalue weighted by Gasteiger charge is 2.44. The van der Waals surface area contributed by atoms with Crippen LogP contribution in [0.1, 0.15) is 16.8 Å². The van der Waals surface area contributed by atoms with Crippen molar-refractivity contribution < 1.29 is 32.2 Å². The second-order valence-electron chi connectivity index (χ2n) is 9.05. The molecule has 2 N–H and O–H groups in total. The summed E-state index contributed by atoms with van der Waals surface area (Å²) in [5.41, 5.74) is -0.119. The molecular weight excluding hydrogens is 503 g/mol. The van der Waals surface area contributed by atoms with Crippen LogP contribution in [0.2, 0.25) is 0 Å². The zero-order valence-corrected chi connectivity index (χ0v) is 20.1. The summed E-state index contributed by atoms with van der Waals surface area (Å²) in [7, 11) is 0. The first-order chi connectivity index (χ1) is 18.2. The van der Waals surface area contributed by atoms with Gasteiger partial charge in [0.1, 0.15) is 11.5 Å². The number of carbonyl (C=O) groups is 2. The molecule has 0 aliphatic carbocycles. The van der Waals surface area contributed by atoms with Crippen LogP contribution >= 0.6 is 0 Å². The van der Waals surface area contributed by atoms with E-state index < -0.39 is 23.5 Å². The fourth-order valence-corrected chi connectivity index (χ4v) is 4.45. The van der Waals surface area contributed by atoms with E-state index in [4.69, 9.17) is 4.74 Å². The van der Waals surface area contributed by atoms with Gasteiger partial charge in [0.2, 0.25) is 11.7 Å². The molecule has 2 fully saturated rings. The van der Waals surface area contributed by atoms with Crippen LogP contribution in [0.5, 0.6) is 11.5 Å². The summed E-state index contributed by atoms with van der Waals surface area (Å²) in [6.07, 6.45) is -1.55. The van der Waals surface area contributed by atoms with E-state index in [1.54, 1.807) is 35.2 Å². The fourth-order valence-electron chi connectivity index (χ4n) is 4.45. The van der Waals surface area contributed by atoms with Gasteiger partial charge in [-0.2, -0.15) is 10.2 Å². The number of hydrogen-bond acceptors (Lipinski definition) is 8. The molecule has 9 nitrogen and oxygen atoms in total. The molecule has 198 valence electrons. The highest BCUT2D eigenvalue weighted by molar-refractivity contribution is 6.04. The standard InChI is InChI=1S/C26H24F3N5O4/c27-26(28,29)38-22-3-1-2-17(12-22)23(35)25(9-11-30-16-25)37-21-6-4-19(5-7-21)34(20-8-10-32-33-15-20)24(36)18-13-31-14-18/h1-8,10,12,15,18,30-31H,9,11,13-14,16H2/t25-/m1/s1. The highest BCUT2D eigenvalue weighted by Crippen LogP contribution is 2.33. The molecule has 2 saturated heterocycles. The number of anilines is 2. The van der Waals surface area contributed by atoms with E-state index in [1.165, 1.54) is 24.5 Å². The lowest BCUT2D eigenvalue weighted by molar-refractivity contribution is -0.274. The lowest BCUT2D eigenvalue weighted by atomic mass is 9.91. The molecule has 1 atom stereocenters. The SMILES string of the molecule is O=C(C1CNC1)N(c1ccc(O[C@]2(C(=O)c3cccc(OC(F)(F)F)c3)CCNC2)cc1)c1ccnnc1. The van der Waals surface area contributed by atoms with Crippen molar-refractivity contribution in [3.63, 3.8) is 0 Å². The van der Waals surface area contributed by atoms with Crippen molar-refractivity contribution in [1.82, 2.24) is 20.8 Å². The Morgan fingerprint density at radius 2 is 1.76 bits per heavy atom. The van der Waals surface area contributed by atoms with Crippen LogP contribution in [0.3, 0.4) is 0 Å². The maximum atomic E-state index is 13.5. The molecule has 2 aliphatic rings. The number of hydrogen-bond donors (Lipinski definition) is 2. The molecule has 2 aliphatic heterocycles. The number of nitrogens with one attached hydrogen (secondary N) is 2. The largest absolute Gasteiger partial charge is 0.573 e. The van der Waals surface area contributed by atoms with E-state index in [2.05, 4.69) is 25.6 Å². The van der Waals surface area contributed by atoms with Crippen LogP contribution in [0, 0.1) is 5.92 Å². The van der Waals surface area contributed by atoms with Gasteiger partial charge in [0.15, 0.2) is 5.60 Å². The summed E-state index contributed by atoms with van der Waals surface area (Å²) in [5, 5.41) is 13.9. The quantitative estimate of drug-likeness (QED) is 0.430. The van der Waals surface area contributed by atoms with E-state index in [1.807, 2.05) is 0 Å². The van der Waals surface area contributed by atoms with Crippen molar-refractivity contribution >= 4 is 23.1 Å². The number of benzene rings is 2. The molecule has 0 bridgehead atoms. The maximum absolute atomic E-state index is 13.5. The van der Waals surface area contributed by atoms with E-state index >= 15 is 0 Å². The van der Waals surface area contributed by atoms with E-state index in [0.717, 1.165) is 12.1 Å². The number of nitrogens with zero attached hydrogens (tertiary/aromatic N) is 3. The Morgan fingerprint density at radius 1 is 0.974 bits per heavy atom. The molecule has 0 unspecified atom stereocenters. The summed E-state index contributed by atoms with van der Waals surface area (Å²) in [6, 6.07) is 13.4. The lowest BCUT2D eigenvalue weighted by Crippen LogP contribution is -2.51. The van der Waals surface area contributed by atoms with Crippen molar-refractivity contribution in [2.45, 2.75) is 18.4 Å². The molecule has 12 heteroatoms. The van der Waals surface area contributed by atoms with Gasteiger partial charge in [-0.1, -0.05) is 12.1 Å². The van der Waals surface area contributed by atoms with Crippen LogP contribution in [-0.4, -0.2) is 60.0 Å². The summed E-state index contributed by atoms with van der Waals surface area (Å²) < 4.78 is 48.2. The third kappa shape index (κ3) is 5.46. The zero-order chi connectivity index (χ0) is 26.8. The number of ether oxygens (including phenoxy) is 2. The van der Waals surface area contributed by atoms with Gasteiger partial charge >= 0.3 is 6.36 Å². The van der Waals surface area contributed by atoms with Crippen LogP contribution in [-0.2, 0) is 4.79 Å². The van der Waals surface area contributed by atoms with Crippen LogP contribution in [0.15, 0.2) is 67.0 Å². The van der Waals surface area contributed by atoms with Gasteiger partial charge in [-0.05, 0) is 49.0 Å². The molecular formula is C26H24F3N5O4. The predicted molar refractivity (Wildman–Crippen MR) is 130 cm³/mol. The normalized spacial score (nSPS) is 19.4. The van der Waals surface area contributed by atoms with Gasteiger partial charge in [0.25, 0.3) is 0 Å². The minimum absolute atomic E-state index is 0.0446. The smallest absolute Gasteiger partial charge is 0.478 e. The molecule has 2 aromatic carbocycles. The number of alkyl halides is 3. The number of aromatic nitrogens is 2. The molecule has 0 saturated carbocycles. The Labute approximate surface area is 215 Å². The summed E-state index contributed by atoms with van der Waals surface area (Å²) in [5.74, 6) is -0.819. The van der Waals surface area contributed by atoms with Crippen LogP contribution < -0.4 is 25.0 Å². The first-order valence-corrected chi connectivity index (χ1v) is 12.0. The van der Waals surface area contributed by atoms with Crippen molar-refractivity contribution in [3.05, 3.63) is 72.6 Å². The van der Waals surface area contributed by atoms with E-state index in [0.29, 0.717) is 43.2 Å². The number of carbonyl (C=O) groups excluding carboxylic acids is 2. The zero-order valence-electron chi connectivity index (χ0n) is 20.1. The number of halogens is 3. The summed E-state index contributed by atoms with van der Waals surface area (Å²) in [6.45, 7) is 1.85. The van der Waals surface area contributed by atoms with Crippen molar-refractivity contribution in [3.8, 4) is 11.5 Å². The Kier molecular flexibility index (Phi) is 7.00. The van der Waals surface area contributed by atoms with Gasteiger partial charge in [0.05, 0.1) is 24.0 Å². The summed E-state index contributed by atoms with van der Waals surface area (Å²) in [4.78, 5) is 28.2. The Morgan fingerprint density at radius 3 is 2.37 bits per heavy atom. The minimum Gasteiger partial charge on any atom is -0.478 e. The topological polar surface area (TPSA) is 106 Å². The third-order valence-corrected chi connectivity index (χ3v) is 6.45. The predicted octanol–water partition coefficient (Wildman–Crippen LogP) is 3.25. The third-order valence-electron chi connectivity index (χ3n) is 6.45. The average molecular weight is 528 g/mol. The van der Waals surface area contributed by atoms with Crippen molar-refractivity contribution in [2.24, 2.45) is 5.92 Å². The van der Waals surface area contributed by atoms with Gasteiger partial charge in [-0.25, -0.2) is 0 Å². The fraction of sp³-hybridized carbons (Fsp3) is 0.308. The van der Waals surface area contributed by atoms with Crippen molar-refractivity contribution in [1.29, 1.82) is 0 Å². The second-order valence-corrected chi connectivity index (χ2v) is 9.05. The Bertz CT molecular complexity index is 1290. The molecule has 38 heavy (non-hydrogen) atoms. The number of Topliss-reactive ketones (excluding diaryl/α,β-unsaturated/α-hetero) is 1. The maximum Gasteiger partial charge on any atom is 0.573 e. The van der Waals surface area contributed by atoms with E-state index in [9.17, 15) is 22.8 Å². The van der Waals surface area contributed by atoms with Crippen LogP contribution in [0.25, 0.3) is 0 Å². The molecule has 5 rings (SSSR count). The van der Waals surface area contributed by atoms with Gasteiger partial charge < -0.3 is 20.1 Å². The Balaban J connectivity index is 1.38. The number of rotatable bonds is 8. The number of ketones is 1. The Hall–Kier alpha value is -4.03. The first kappa shape index (κ1) is 25.6. The molecule has 1 aromatic heterocycles. The van der Waals surface area contributed by atoms with Gasteiger partial charge in [-0.3, -0.25) is 14.5 Å². The minimum atomic E-state index is -4.87. The molecule has 3 aromatic rings. The molecule has 0 spiro atoms. The number of amides is 1.